The van der Waals surface area contributed by atoms with Gasteiger partial charge in [-0.3, -0.25) is 9.98 Å². The van der Waals surface area contributed by atoms with Crippen molar-refractivity contribution >= 4 is 23.8 Å². The second kappa shape index (κ2) is 23.5. The van der Waals surface area contributed by atoms with Gasteiger partial charge in [-0.05, 0) is 45.9 Å². The van der Waals surface area contributed by atoms with Crippen LogP contribution in [0.1, 0.15) is 113 Å². The molecule has 7 heteroatoms. The first-order valence-corrected chi connectivity index (χ1v) is 15.5. The molecule has 0 aliphatic carbocycles. The van der Waals surface area contributed by atoms with Crippen molar-refractivity contribution in [3.8, 4) is 0 Å². The Balaban J connectivity index is 0.000000719. The van der Waals surface area contributed by atoms with Crippen LogP contribution >= 0.6 is 0 Å². The van der Waals surface area contributed by atoms with Crippen LogP contribution < -0.4 is 9.97 Å². The second-order valence-electron chi connectivity index (χ2n) is 11.7. The zero-order valence-corrected chi connectivity index (χ0v) is 32.0. The molecule has 2 aromatic heterocycles. The van der Waals surface area contributed by atoms with Crippen molar-refractivity contribution in [1.29, 1.82) is 0 Å². The number of benzene rings is 2. The maximum Gasteiger partial charge on any atom is 4.00 e. The molecule has 0 radical (unpaired) electrons. The maximum atomic E-state index is 4.70. The predicted molar refractivity (Wildman–Crippen MR) is 194 cm³/mol. The largest absolute Gasteiger partial charge is 4.00 e. The second-order valence-corrected chi connectivity index (χ2v) is 11.7. The first-order chi connectivity index (χ1) is 21.0. The smallest absolute Gasteiger partial charge is 0.668 e. The normalized spacial score (nSPS) is 10.8. The zero-order chi connectivity index (χ0) is 33.1. The number of rotatable bonds is 8. The van der Waals surface area contributed by atoms with E-state index in [1.54, 1.807) is 40.6 Å². The van der Waals surface area contributed by atoms with Gasteiger partial charge in [0, 0.05) is 12.4 Å². The fourth-order valence-electron chi connectivity index (χ4n) is 4.36. The van der Waals surface area contributed by atoms with E-state index in [0.29, 0.717) is 23.7 Å². The molecule has 2 aromatic carbocycles. The van der Waals surface area contributed by atoms with E-state index in [4.69, 9.17) is 9.98 Å². The summed E-state index contributed by atoms with van der Waals surface area (Å²) in [5, 5.41) is 7.00. The quantitative estimate of drug-likeness (QED) is 0.173. The molecule has 4 rings (SSSR count). The van der Waals surface area contributed by atoms with E-state index in [-0.39, 0.29) is 26.2 Å². The van der Waals surface area contributed by atoms with Crippen LogP contribution in [0, 0.1) is 0 Å². The van der Waals surface area contributed by atoms with Gasteiger partial charge in [0.2, 0.25) is 0 Å². The van der Waals surface area contributed by atoms with Gasteiger partial charge in [0.15, 0.2) is 0 Å². The average Bonchev–Trinajstić information content (AvgIpc) is 3.70. The average molecular weight is 686 g/mol. The molecule has 0 saturated carbocycles. The van der Waals surface area contributed by atoms with Crippen molar-refractivity contribution in [3.63, 3.8) is 0 Å². The van der Waals surface area contributed by atoms with E-state index in [1.807, 2.05) is 36.7 Å². The molecular formula is C38H54N6Zr. The molecular weight excluding hydrogens is 632 g/mol. The van der Waals surface area contributed by atoms with Gasteiger partial charge < -0.3 is 20.6 Å². The minimum absolute atomic E-state index is 0. The minimum Gasteiger partial charge on any atom is -0.668 e. The van der Waals surface area contributed by atoms with Gasteiger partial charge >= 0.3 is 26.2 Å². The summed E-state index contributed by atoms with van der Waals surface area (Å²) in [4.78, 5) is 17.9. The molecule has 4 aromatic rings. The molecule has 240 valence electrons. The van der Waals surface area contributed by atoms with E-state index in [0.717, 1.165) is 22.8 Å². The van der Waals surface area contributed by atoms with E-state index >= 15 is 0 Å². The molecule has 0 atom stereocenters. The van der Waals surface area contributed by atoms with Crippen LogP contribution in [-0.2, 0) is 26.2 Å². The topological polar surface area (TPSA) is 81.1 Å². The summed E-state index contributed by atoms with van der Waals surface area (Å²) in [6, 6.07) is 20.7. The standard InChI is InChI=1S/2C17H21N2.2C2H6N.Zr/c2*1-12(2)15-8-5-9-16(13(3)4)17(15)19-11-14-7-6-10-18-14;2*1-3-2;/h2*5-13H,1-4H3;2*1-2H3;/q4*-1;+4. The van der Waals surface area contributed by atoms with E-state index in [9.17, 15) is 0 Å². The maximum absolute atomic E-state index is 4.70. The molecule has 0 amide bonds. The van der Waals surface area contributed by atoms with Gasteiger partial charge in [-0.2, -0.15) is 40.6 Å². The van der Waals surface area contributed by atoms with Crippen molar-refractivity contribution in [1.82, 2.24) is 9.97 Å². The molecule has 0 N–H and O–H groups in total. The predicted octanol–water partition coefficient (Wildman–Crippen LogP) is 10.5. The number of para-hydroxylation sites is 2. The fraction of sp³-hybridized carbons (Fsp3) is 0.421. The van der Waals surface area contributed by atoms with Crippen molar-refractivity contribution in [3.05, 3.63) is 117 Å². The summed E-state index contributed by atoms with van der Waals surface area (Å²) >= 11 is 0. The molecule has 0 saturated heterocycles. The van der Waals surface area contributed by atoms with Gasteiger partial charge in [0.05, 0.1) is 11.4 Å². The Hall–Kier alpha value is -2.86. The molecule has 0 bridgehead atoms. The van der Waals surface area contributed by atoms with Crippen LogP contribution in [0.4, 0.5) is 11.4 Å². The van der Waals surface area contributed by atoms with Crippen LogP contribution in [0.2, 0.25) is 0 Å². The molecule has 0 aliphatic rings. The van der Waals surface area contributed by atoms with Crippen LogP contribution in [0.25, 0.3) is 10.6 Å². The monoisotopic (exact) mass is 684 g/mol. The zero-order valence-electron chi connectivity index (χ0n) is 29.6. The summed E-state index contributed by atoms with van der Waals surface area (Å²) in [5.74, 6) is 1.88. The van der Waals surface area contributed by atoms with Gasteiger partial charge in [-0.1, -0.05) is 116 Å². The summed E-state index contributed by atoms with van der Waals surface area (Å²) < 4.78 is 0. The third kappa shape index (κ3) is 14.9. The fourth-order valence-corrected chi connectivity index (χ4v) is 4.36. The molecule has 6 nitrogen and oxygen atoms in total. The van der Waals surface area contributed by atoms with Crippen molar-refractivity contribution in [2.24, 2.45) is 9.98 Å². The molecule has 0 spiro atoms. The van der Waals surface area contributed by atoms with Crippen molar-refractivity contribution in [2.45, 2.75) is 79.1 Å². The van der Waals surface area contributed by atoms with E-state index in [1.165, 1.54) is 22.3 Å². The van der Waals surface area contributed by atoms with E-state index < -0.39 is 0 Å². The van der Waals surface area contributed by atoms with Crippen LogP contribution in [-0.4, -0.2) is 40.6 Å². The summed E-state index contributed by atoms with van der Waals surface area (Å²) in [7, 11) is 7.00. The SMILES string of the molecule is CC(C)c1cccc(C(C)C)c1N=Cc1ccc[n-]1.CC(C)c1cccc(C(C)C)c1N=Cc1ccc[n-]1.C[N-]C.C[N-]C.[Zr+4]. The van der Waals surface area contributed by atoms with Crippen molar-refractivity contribution in [2.75, 3.05) is 28.2 Å². The Morgan fingerprint density at radius 1 is 0.489 bits per heavy atom. The number of aromatic nitrogens is 2. The number of hydrogen-bond acceptors (Lipinski definition) is 2. The Morgan fingerprint density at radius 2 is 0.756 bits per heavy atom. The molecule has 0 aliphatic heterocycles. The van der Waals surface area contributed by atoms with Gasteiger partial charge in [0.1, 0.15) is 0 Å². The Labute approximate surface area is 293 Å². The molecule has 0 unspecified atom stereocenters. The Morgan fingerprint density at radius 3 is 0.956 bits per heavy atom. The van der Waals surface area contributed by atoms with Gasteiger partial charge in [0.25, 0.3) is 0 Å². The minimum atomic E-state index is 0. The first-order valence-electron chi connectivity index (χ1n) is 15.5. The Bertz CT molecular complexity index is 1190. The number of hydrogen-bond donors (Lipinski definition) is 0. The van der Waals surface area contributed by atoms with Gasteiger partial charge in [-0.25, -0.2) is 0 Å². The number of nitrogens with zero attached hydrogens (tertiary/aromatic N) is 6. The van der Waals surface area contributed by atoms with Crippen molar-refractivity contribution < 1.29 is 26.2 Å². The molecule has 2 heterocycles. The van der Waals surface area contributed by atoms with Crippen LogP contribution in [0.15, 0.2) is 83.0 Å². The summed E-state index contributed by atoms with van der Waals surface area (Å²) in [6.45, 7) is 17.7. The Kier molecular flexibility index (Phi) is 22.0. The molecule has 0 fully saturated rings. The van der Waals surface area contributed by atoms with Crippen LogP contribution in [0.5, 0.6) is 0 Å². The molecule has 45 heavy (non-hydrogen) atoms. The first kappa shape index (κ1) is 42.1. The third-order valence-corrected chi connectivity index (χ3v) is 6.49. The number of aliphatic imine (C=N–C) groups is 2. The van der Waals surface area contributed by atoms with Crippen LogP contribution in [0.3, 0.4) is 0 Å². The summed E-state index contributed by atoms with van der Waals surface area (Å²) in [6.07, 6.45) is 7.29. The van der Waals surface area contributed by atoms with Gasteiger partial charge in [-0.15, -0.1) is 11.4 Å². The third-order valence-electron chi connectivity index (χ3n) is 6.49. The van der Waals surface area contributed by atoms with E-state index in [2.05, 4.69) is 112 Å². The summed E-state index contributed by atoms with van der Waals surface area (Å²) in [5.41, 5.74) is 9.23.